The molecule has 1 N–H and O–H groups in total. The zero-order valence-corrected chi connectivity index (χ0v) is 16.5. The van der Waals surface area contributed by atoms with E-state index in [0.29, 0.717) is 22.9 Å². The number of nitrogens with zero attached hydrogens (tertiary/aromatic N) is 1. The highest BCUT2D eigenvalue weighted by Gasteiger charge is 2.35. The van der Waals surface area contributed by atoms with Gasteiger partial charge >= 0.3 is 5.97 Å². The number of hydrogen-bond acceptors (Lipinski definition) is 2. The van der Waals surface area contributed by atoms with Crippen LogP contribution in [0, 0.1) is 0 Å². The molecule has 3 aromatic carbocycles. The average Bonchev–Trinajstić information content (AvgIpc) is 2.73. The number of carboxylic acid groups (broad SMARTS) is 1. The summed E-state index contributed by atoms with van der Waals surface area (Å²) in [6.45, 7) is 0.346. The van der Waals surface area contributed by atoms with Crippen LogP contribution in [0.2, 0.25) is 5.02 Å². The smallest absolute Gasteiger partial charge is 0.322 e. The van der Waals surface area contributed by atoms with Crippen LogP contribution in [0.4, 0.5) is 0 Å². The van der Waals surface area contributed by atoms with Crippen LogP contribution >= 0.6 is 11.6 Å². The molecule has 3 aromatic rings. The normalized spacial score (nSPS) is 17.7. The number of halogens is 1. The lowest BCUT2D eigenvalue weighted by molar-refractivity contribution is -0.141. The van der Waals surface area contributed by atoms with Crippen molar-refractivity contribution in [2.24, 2.45) is 0 Å². The molecule has 0 amide bonds. The molecular weight excluding hydrogens is 394 g/mol. The van der Waals surface area contributed by atoms with Gasteiger partial charge in [-0.1, -0.05) is 60.1 Å². The van der Waals surface area contributed by atoms with Gasteiger partial charge in [-0.25, -0.2) is 8.51 Å². The molecule has 1 aliphatic rings. The van der Waals surface area contributed by atoms with Crippen molar-refractivity contribution in [3.63, 3.8) is 0 Å². The van der Waals surface area contributed by atoms with Crippen LogP contribution in [0.15, 0.2) is 77.7 Å². The minimum Gasteiger partial charge on any atom is -0.480 e. The molecule has 142 valence electrons. The number of carboxylic acids is 1. The molecule has 1 aliphatic heterocycles. The third-order valence-electron chi connectivity index (χ3n) is 4.94. The van der Waals surface area contributed by atoms with Gasteiger partial charge in [0, 0.05) is 11.6 Å². The Bertz CT molecular complexity index is 1030. The van der Waals surface area contributed by atoms with Gasteiger partial charge in [0.25, 0.3) is 0 Å². The van der Waals surface area contributed by atoms with E-state index in [2.05, 4.69) is 0 Å². The fourth-order valence-electron chi connectivity index (χ4n) is 3.43. The van der Waals surface area contributed by atoms with E-state index in [4.69, 9.17) is 11.6 Å². The molecule has 0 aliphatic carbocycles. The van der Waals surface area contributed by atoms with Gasteiger partial charge in [0.05, 0.1) is 4.90 Å². The fourth-order valence-corrected chi connectivity index (χ4v) is 4.84. The first-order valence-corrected chi connectivity index (χ1v) is 10.4. The molecule has 0 bridgehead atoms. The van der Waals surface area contributed by atoms with E-state index in [-0.39, 0.29) is 0 Å². The Morgan fingerprint density at radius 3 is 2.11 bits per heavy atom. The Hall–Kier alpha value is -2.47. The van der Waals surface area contributed by atoms with Crippen LogP contribution in [-0.2, 0) is 28.7 Å². The second kappa shape index (κ2) is 7.87. The molecule has 0 radical (unpaired) electrons. The van der Waals surface area contributed by atoms with Gasteiger partial charge in [0.1, 0.15) is 17.0 Å². The first-order chi connectivity index (χ1) is 13.5. The Balaban J connectivity index is 1.61. The lowest BCUT2D eigenvalue weighted by atomic mass is 9.96. The largest absolute Gasteiger partial charge is 0.480 e. The molecule has 1 unspecified atom stereocenters. The van der Waals surface area contributed by atoms with Crippen molar-refractivity contribution >= 4 is 28.6 Å². The Morgan fingerprint density at radius 2 is 1.50 bits per heavy atom. The summed E-state index contributed by atoms with van der Waals surface area (Å²) in [4.78, 5) is 12.4. The monoisotopic (exact) mass is 411 g/mol. The highest BCUT2D eigenvalue weighted by molar-refractivity contribution is 7.82. The maximum atomic E-state index is 13.2. The van der Waals surface area contributed by atoms with Gasteiger partial charge in [-0.2, -0.15) is 0 Å². The third-order valence-corrected chi connectivity index (χ3v) is 6.67. The van der Waals surface area contributed by atoms with Gasteiger partial charge in [0.15, 0.2) is 0 Å². The molecule has 6 heteroatoms. The number of aliphatic carboxylic acids is 1. The predicted octanol–water partition coefficient (Wildman–Crippen LogP) is 4.54. The van der Waals surface area contributed by atoms with Crippen molar-refractivity contribution in [1.29, 1.82) is 0 Å². The van der Waals surface area contributed by atoms with Crippen molar-refractivity contribution in [3.8, 4) is 11.1 Å². The first kappa shape index (κ1) is 18.9. The summed E-state index contributed by atoms with van der Waals surface area (Å²) in [5.41, 5.74) is 4.01. The van der Waals surface area contributed by atoms with Gasteiger partial charge in [-0.05, 0) is 52.9 Å². The summed E-state index contributed by atoms with van der Waals surface area (Å²) in [5.74, 6) is -0.958. The standard InChI is InChI=1S/C22H18ClNO3S/c23-19-9-5-15(6-10-19)16-7-11-20(12-8-16)28(27)24-14-18-4-2-1-3-17(18)13-21(24)22(25)26/h1-12,21H,13-14H2,(H,25,26)/t21-,28?/m0/s1. The van der Waals surface area contributed by atoms with Crippen molar-refractivity contribution < 1.29 is 14.1 Å². The maximum absolute atomic E-state index is 13.2. The SMILES string of the molecule is O=C(O)[C@@H]1Cc2ccccc2CN1S(=O)c1ccc(-c2ccc(Cl)cc2)cc1. The Kier molecular flexibility index (Phi) is 5.31. The number of carbonyl (C=O) groups is 1. The van der Waals surface area contributed by atoms with E-state index in [0.717, 1.165) is 22.3 Å². The van der Waals surface area contributed by atoms with Crippen LogP contribution < -0.4 is 0 Å². The highest BCUT2D eigenvalue weighted by atomic mass is 35.5. The predicted molar refractivity (Wildman–Crippen MR) is 110 cm³/mol. The second-order valence-corrected chi connectivity index (χ2v) is 8.56. The average molecular weight is 412 g/mol. The second-order valence-electron chi connectivity index (χ2n) is 6.68. The summed E-state index contributed by atoms with van der Waals surface area (Å²) >= 11 is 5.93. The van der Waals surface area contributed by atoms with Crippen molar-refractivity contribution in [1.82, 2.24) is 4.31 Å². The van der Waals surface area contributed by atoms with Gasteiger partial charge in [-0.15, -0.1) is 0 Å². The van der Waals surface area contributed by atoms with E-state index in [1.807, 2.05) is 60.7 Å². The number of benzene rings is 3. The summed E-state index contributed by atoms with van der Waals surface area (Å²) in [6, 6.07) is 21.8. The van der Waals surface area contributed by atoms with Crippen molar-refractivity contribution in [3.05, 3.63) is 88.9 Å². The minimum absolute atomic E-state index is 0.346. The molecule has 0 spiro atoms. The van der Waals surface area contributed by atoms with Crippen LogP contribution in [-0.4, -0.2) is 25.6 Å². The Labute approximate surface area is 171 Å². The number of hydrogen-bond donors (Lipinski definition) is 1. The van der Waals surface area contributed by atoms with Gasteiger partial charge in [0.2, 0.25) is 0 Å². The molecule has 28 heavy (non-hydrogen) atoms. The lowest BCUT2D eigenvalue weighted by Crippen LogP contribution is -2.46. The fraction of sp³-hybridized carbons (Fsp3) is 0.136. The third kappa shape index (κ3) is 3.74. The maximum Gasteiger partial charge on any atom is 0.322 e. The van der Waals surface area contributed by atoms with E-state index < -0.39 is 23.0 Å². The van der Waals surface area contributed by atoms with E-state index in [1.165, 1.54) is 0 Å². The summed E-state index contributed by atoms with van der Waals surface area (Å²) < 4.78 is 14.7. The van der Waals surface area contributed by atoms with Crippen LogP contribution in [0.25, 0.3) is 11.1 Å². The van der Waals surface area contributed by atoms with Crippen molar-refractivity contribution in [2.75, 3.05) is 0 Å². The molecule has 2 atom stereocenters. The van der Waals surface area contributed by atoms with Gasteiger partial charge in [-0.3, -0.25) is 4.79 Å². The number of fused-ring (bicyclic) bond motifs is 1. The molecule has 4 rings (SSSR count). The van der Waals surface area contributed by atoms with Crippen molar-refractivity contribution in [2.45, 2.75) is 23.9 Å². The molecule has 0 fully saturated rings. The van der Waals surface area contributed by atoms with Gasteiger partial charge < -0.3 is 5.11 Å². The quantitative estimate of drug-likeness (QED) is 0.685. The van der Waals surface area contributed by atoms with Crippen LogP contribution in [0.1, 0.15) is 11.1 Å². The molecule has 0 saturated heterocycles. The summed E-state index contributed by atoms with van der Waals surface area (Å²) in [6.07, 6.45) is 0.347. The lowest BCUT2D eigenvalue weighted by Gasteiger charge is -2.33. The zero-order valence-electron chi connectivity index (χ0n) is 14.9. The van der Waals surface area contributed by atoms with E-state index >= 15 is 0 Å². The van der Waals surface area contributed by atoms with Crippen LogP contribution in [0.3, 0.4) is 0 Å². The summed E-state index contributed by atoms with van der Waals surface area (Å²) in [7, 11) is -1.56. The molecule has 0 saturated carbocycles. The van der Waals surface area contributed by atoms with E-state index in [1.54, 1.807) is 16.4 Å². The van der Waals surface area contributed by atoms with Crippen LogP contribution in [0.5, 0.6) is 0 Å². The highest BCUT2D eigenvalue weighted by Crippen LogP contribution is 2.28. The molecule has 4 nitrogen and oxygen atoms in total. The minimum atomic E-state index is -1.56. The number of rotatable bonds is 4. The van der Waals surface area contributed by atoms with E-state index in [9.17, 15) is 14.1 Å². The summed E-state index contributed by atoms with van der Waals surface area (Å²) in [5, 5.41) is 10.3. The topological polar surface area (TPSA) is 57.6 Å². The molecule has 1 heterocycles. The molecular formula is C22H18ClNO3S. The zero-order chi connectivity index (χ0) is 19.7. The first-order valence-electron chi connectivity index (χ1n) is 8.87. The molecule has 0 aromatic heterocycles. The Morgan fingerprint density at radius 1 is 0.929 bits per heavy atom.